The van der Waals surface area contributed by atoms with Gasteiger partial charge in [0.25, 0.3) is 0 Å². The zero-order chi connectivity index (χ0) is 24.8. The lowest BCUT2D eigenvalue weighted by Crippen LogP contribution is -2.06. The summed E-state index contributed by atoms with van der Waals surface area (Å²) in [6.07, 6.45) is 6.04. The van der Waals surface area contributed by atoms with Crippen molar-refractivity contribution >= 4 is 15.6 Å². The first-order valence-electron chi connectivity index (χ1n) is 11.1. The molecular formula is C28H25N3O3S. The molecule has 35 heavy (non-hydrogen) atoms. The van der Waals surface area contributed by atoms with E-state index in [0.29, 0.717) is 23.4 Å². The van der Waals surface area contributed by atoms with Crippen molar-refractivity contribution in [3.63, 3.8) is 0 Å². The Morgan fingerprint density at radius 3 is 2.49 bits per heavy atom. The Morgan fingerprint density at radius 1 is 1.00 bits per heavy atom. The van der Waals surface area contributed by atoms with Crippen LogP contribution in [-0.2, 0) is 28.4 Å². The van der Waals surface area contributed by atoms with Crippen molar-refractivity contribution in [2.75, 3.05) is 0 Å². The molecule has 0 N–H and O–H groups in total. The number of hydrogen-bond acceptors (Lipinski definition) is 6. The molecule has 2 aromatic heterocycles. The molecule has 0 amide bonds. The Hall–Kier alpha value is -3.97. The number of nitrogens with zero attached hydrogens (tertiary/aromatic N) is 3. The number of ketones is 1. The van der Waals surface area contributed by atoms with E-state index in [1.165, 1.54) is 0 Å². The highest BCUT2D eigenvalue weighted by atomic mass is 32.2. The highest BCUT2D eigenvalue weighted by molar-refractivity contribution is 7.93. The number of benzene rings is 2. The first-order valence-corrected chi connectivity index (χ1v) is 12.8. The van der Waals surface area contributed by atoms with Crippen molar-refractivity contribution in [2.45, 2.75) is 25.5 Å². The second-order valence-corrected chi connectivity index (χ2v) is 10.3. The summed E-state index contributed by atoms with van der Waals surface area (Å²) in [7, 11) is -3.34. The summed E-state index contributed by atoms with van der Waals surface area (Å²) in [5.74, 6) is 0.534. The third-order valence-corrected chi connectivity index (χ3v) is 6.93. The normalized spacial score (nSPS) is 11.2. The predicted molar refractivity (Wildman–Crippen MR) is 137 cm³/mol. The van der Waals surface area contributed by atoms with Gasteiger partial charge in [-0.25, -0.2) is 18.4 Å². The smallest absolute Gasteiger partial charge is 0.175 e. The minimum atomic E-state index is -3.34. The fraction of sp³-hybridized carbons (Fsp3) is 0.143. The summed E-state index contributed by atoms with van der Waals surface area (Å²) in [5, 5.41) is 0.946. The minimum Gasteiger partial charge on any atom is -0.294 e. The van der Waals surface area contributed by atoms with E-state index in [2.05, 4.69) is 16.5 Å². The molecule has 176 valence electrons. The Kier molecular flexibility index (Phi) is 7.27. The molecule has 0 aliphatic heterocycles. The van der Waals surface area contributed by atoms with Gasteiger partial charge in [-0.15, -0.1) is 0 Å². The van der Waals surface area contributed by atoms with Gasteiger partial charge in [0.1, 0.15) is 5.82 Å². The lowest BCUT2D eigenvalue weighted by atomic mass is 9.97. The van der Waals surface area contributed by atoms with Gasteiger partial charge in [0.15, 0.2) is 15.6 Å². The fourth-order valence-electron chi connectivity index (χ4n) is 3.72. The molecule has 0 radical (unpaired) electrons. The van der Waals surface area contributed by atoms with Gasteiger partial charge in [-0.05, 0) is 47.4 Å². The lowest BCUT2D eigenvalue weighted by Gasteiger charge is -2.10. The molecule has 4 rings (SSSR count). The van der Waals surface area contributed by atoms with Crippen LogP contribution in [0.25, 0.3) is 11.3 Å². The number of rotatable bonds is 9. The second-order valence-electron chi connectivity index (χ2n) is 8.31. The van der Waals surface area contributed by atoms with Crippen LogP contribution >= 0.6 is 0 Å². The third-order valence-electron chi connectivity index (χ3n) is 5.69. The molecule has 0 saturated carbocycles. The number of sulfone groups is 1. The maximum atomic E-state index is 12.9. The van der Waals surface area contributed by atoms with E-state index in [9.17, 15) is 13.2 Å². The van der Waals surface area contributed by atoms with Gasteiger partial charge < -0.3 is 0 Å². The van der Waals surface area contributed by atoms with Gasteiger partial charge in [0.2, 0.25) is 0 Å². The molecule has 7 heteroatoms. The zero-order valence-electron chi connectivity index (χ0n) is 19.4. The molecule has 2 heterocycles. The topological polar surface area (TPSA) is 89.9 Å². The van der Waals surface area contributed by atoms with Crippen LogP contribution in [0.2, 0.25) is 0 Å². The van der Waals surface area contributed by atoms with Crippen molar-refractivity contribution in [1.29, 1.82) is 0 Å². The van der Waals surface area contributed by atoms with E-state index in [4.69, 9.17) is 4.98 Å². The van der Waals surface area contributed by atoms with Crippen molar-refractivity contribution < 1.29 is 13.2 Å². The number of Topliss-reactive ketones (excluding diaryl/α,β-unsaturated/α-hetero) is 1. The van der Waals surface area contributed by atoms with E-state index in [1.807, 2.05) is 43.3 Å². The molecular weight excluding hydrogens is 458 g/mol. The van der Waals surface area contributed by atoms with Crippen LogP contribution in [-0.4, -0.2) is 29.2 Å². The van der Waals surface area contributed by atoms with Crippen LogP contribution in [0.4, 0.5) is 0 Å². The van der Waals surface area contributed by atoms with Gasteiger partial charge in [-0.3, -0.25) is 9.78 Å². The molecule has 0 saturated heterocycles. The van der Waals surface area contributed by atoms with Crippen molar-refractivity contribution in [3.8, 4) is 11.3 Å². The number of carbonyl (C=O) groups excluding carboxylic acids is 1. The number of pyridine rings is 1. The van der Waals surface area contributed by atoms with Crippen LogP contribution in [0.3, 0.4) is 0 Å². The molecule has 0 fully saturated rings. The quantitative estimate of drug-likeness (QED) is 0.314. The summed E-state index contributed by atoms with van der Waals surface area (Å²) >= 11 is 0. The highest BCUT2D eigenvalue weighted by Gasteiger charge is 2.12. The number of carbonyl (C=O) groups is 1. The van der Waals surface area contributed by atoms with Crippen LogP contribution in [0.15, 0.2) is 91.2 Å². The van der Waals surface area contributed by atoms with E-state index in [-0.39, 0.29) is 18.0 Å². The van der Waals surface area contributed by atoms with Gasteiger partial charge in [0, 0.05) is 48.0 Å². The maximum absolute atomic E-state index is 12.9. The molecule has 0 unspecified atom stereocenters. The summed E-state index contributed by atoms with van der Waals surface area (Å²) in [5.41, 5.74) is 5.97. The fourth-order valence-corrected chi connectivity index (χ4v) is 4.50. The molecule has 0 atom stereocenters. The molecule has 0 spiro atoms. The van der Waals surface area contributed by atoms with Crippen LogP contribution < -0.4 is 0 Å². The predicted octanol–water partition coefficient (Wildman–Crippen LogP) is 4.92. The maximum Gasteiger partial charge on any atom is 0.175 e. The van der Waals surface area contributed by atoms with Crippen LogP contribution in [0.1, 0.15) is 38.4 Å². The molecule has 0 bridgehead atoms. The lowest BCUT2D eigenvalue weighted by molar-refractivity contribution is 0.0993. The van der Waals surface area contributed by atoms with Gasteiger partial charge in [0.05, 0.1) is 11.4 Å². The van der Waals surface area contributed by atoms with E-state index in [0.717, 1.165) is 33.4 Å². The summed E-state index contributed by atoms with van der Waals surface area (Å²) < 4.78 is 23.4. The number of hydrogen-bond donors (Lipinski definition) is 0. The molecule has 0 aliphatic carbocycles. The van der Waals surface area contributed by atoms with Gasteiger partial charge in [-0.1, -0.05) is 49.0 Å². The summed E-state index contributed by atoms with van der Waals surface area (Å²) in [6.45, 7) is 5.36. The largest absolute Gasteiger partial charge is 0.294 e. The van der Waals surface area contributed by atoms with Gasteiger partial charge >= 0.3 is 0 Å². The first kappa shape index (κ1) is 24.2. The second kappa shape index (κ2) is 10.5. The Balaban J connectivity index is 1.48. The third kappa shape index (κ3) is 6.33. The average molecular weight is 484 g/mol. The van der Waals surface area contributed by atoms with Gasteiger partial charge in [-0.2, -0.15) is 0 Å². The van der Waals surface area contributed by atoms with Crippen molar-refractivity contribution in [3.05, 3.63) is 125 Å². The molecule has 2 aromatic carbocycles. The molecule has 0 aliphatic rings. The Labute approximate surface area is 205 Å². The van der Waals surface area contributed by atoms with E-state index in [1.54, 1.807) is 42.9 Å². The van der Waals surface area contributed by atoms with E-state index < -0.39 is 9.84 Å². The van der Waals surface area contributed by atoms with Crippen LogP contribution in [0.5, 0.6) is 0 Å². The first-order chi connectivity index (χ1) is 16.8. The van der Waals surface area contributed by atoms with Crippen molar-refractivity contribution in [1.82, 2.24) is 15.0 Å². The summed E-state index contributed by atoms with van der Waals surface area (Å²) in [4.78, 5) is 26.1. The SMILES string of the molecule is C=CS(=O)(=O)Cc1ccc(C(=O)Cc2ccc(C)c(Cc3nccc(-c4cccnc4)n3)c2)cc1. The Bertz CT molecular complexity index is 1470. The van der Waals surface area contributed by atoms with E-state index >= 15 is 0 Å². The summed E-state index contributed by atoms with van der Waals surface area (Å²) in [6, 6.07) is 18.4. The zero-order valence-corrected chi connectivity index (χ0v) is 20.2. The standard InChI is InChI=1S/C28H25N3O3S/c1-3-35(33,34)19-21-8-10-23(11-9-21)27(32)16-22-7-6-20(2)25(15-22)17-28-30-14-12-26(31-28)24-5-4-13-29-18-24/h3-15,18H,1,16-17,19H2,2H3. The van der Waals surface area contributed by atoms with Crippen LogP contribution in [0, 0.1) is 6.92 Å². The number of aryl methyl sites for hydroxylation is 1. The average Bonchev–Trinajstić information content (AvgIpc) is 2.87. The van der Waals surface area contributed by atoms with Crippen molar-refractivity contribution in [2.24, 2.45) is 0 Å². The monoisotopic (exact) mass is 483 g/mol. The number of aromatic nitrogens is 3. The molecule has 4 aromatic rings. The Morgan fingerprint density at radius 2 is 1.77 bits per heavy atom. The minimum absolute atomic E-state index is 0.0345. The molecule has 6 nitrogen and oxygen atoms in total. The highest BCUT2D eigenvalue weighted by Crippen LogP contribution is 2.19.